The molecule has 0 aliphatic carbocycles. The SMILES string of the molecule is CCOc1cc(C=O)ccc1OCC(O)CN(Cc1ccccc1Cl)C1CCS(=O)(=O)C1. The number of nitrogens with zero attached hydrogens (tertiary/aromatic N) is 1. The average molecular weight is 482 g/mol. The number of benzene rings is 2. The zero-order chi connectivity index (χ0) is 23.1. The monoisotopic (exact) mass is 481 g/mol. The van der Waals surface area contributed by atoms with Crippen molar-refractivity contribution in [3.8, 4) is 11.5 Å². The van der Waals surface area contributed by atoms with E-state index < -0.39 is 15.9 Å². The van der Waals surface area contributed by atoms with Gasteiger partial charge in [-0.25, -0.2) is 8.42 Å². The topological polar surface area (TPSA) is 93.1 Å². The molecule has 0 amide bonds. The van der Waals surface area contributed by atoms with Crippen LogP contribution in [0.2, 0.25) is 5.02 Å². The van der Waals surface area contributed by atoms with Crippen LogP contribution < -0.4 is 9.47 Å². The number of aliphatic hydroxyl groups excluding tert-OH is 1. The minimum Gasteiger partial charge on any atom is -0.490 e. The molecule has 2 aromatic rings. The summed E-state index contributed by atoms with van der Waals surface area (Å²) in [6.07, 6.45) is 0.367. The Morgan fingerprint density at radius 3 is 2.66 bits per heavy atom. The summed E-state index contributed by atoms with van der Waals surface area (Å²) in [5, 5.41) is 11.3. The number of carbonyl (C=O) groups excluding carboxylic acids is 1. The molecule has 7 nitrogen and oxygen atoms in total. The molecule has 1 heterocycles. The predicted octanol–water partition coefficient (Wildman–Crippen LogP) is 2.98. The van der Waals surface area contributed by atoms with Crippen LogP contribution in [-0.4, -0.2) is 68.1 Å². The largest absolute Gasteiger partial charge is 0.490 e. The van der Waals surface area contributed by atoms with E-state index in [4.69, 9.17) is 21.1 Å². The lowest BCUT2D eigenvalue weighted by Crippen LogP contribution is -2.42. The fourth-order valence-corrected chi connectivity index (χ4v) is 5.70. The maximum Gasteiger partial charge on any atom is 0.161 e. The highest BCUT2D eigenvalue weighted by atomic mass is 35.5. The fraction of sp³-hybridized carbons (Fsp3) is 0.435. The highest BCUT2D eigenvalue weighted by Gasteiger charge is 2.33. The van der Waals surface area contributed by atoms with Gasteiger partial charge in [0.25, 0.3) is 0 Å². The van der Waals surface area contributed by atoms with Gasteiger partial charge in [0.05, 0.1) is 18.1 Å². The van der Waals surface area contributed by atoms with Crippen LogP contribution in [0.25, 0.3) is 0 Å². The van der Waals surface area contributed by atoms with Gasteiger partial charge in [-0.05, 0) is 43.2 Å². The Morgan fingerprint density at radius 2 is 2.00 bits per heavy atom. The number of ether oxygens (including phenoxy) is 2. The van der Waals surface area contributed by atoms with Gasteiger partial charge in [-0.2, -0.15) is 0 Å². The Kier molecular flexibility index (Phi) is 8.53. The van der Waals surface area contributed by atoms with E-state index >= 15 is 0 Å². The van der Waals surface area contributed by atoms with Crippen LogP contribution in [0.1, 0.15) is 29.3 Å². The summed E-state index contributed by atoms with van der Waals surface area (Å²) in [6.45, 7) is 2.87. The van der Waals surface area contributed by atoms with Gasteiger partial charge in [0, 0.05) is 29.7 Å². The van der Waals surface area contributed by atoms with Crippen LogP contribution in [0.5, 0.6) is 11.5 Å². The van der Waals surface area contributed by atoms with E-state index in [0.29, 0.717) is 41.7 Å². The highest BCUT2D eigenvalue weighted by molar-refractivity contribution is 7.91. The Bertz CT molecular complexity index is 1030. The van der Waals surface area contributed by atoms with Gasteiger partial charge in [0.15, 0.2) is 21.3 Å². The van der Waals surface area contributed by atoms with Gasteiger partial charge < -0.3 is 14.6 Å². The Hall–Kier alpha value is -2.13. The number of aliphatic hydroxyl groups is 1. The first-order valence-corrected chi connectivity index (χ1v) is 12.7. The Labute approximate surface area is 193 Å². The van der Waals surface area contributed by atoms with Gasteiger partial charge in [0.1, 0.15) is 19.0 Å². The summed E-state index contributed by atoms with van der Waals surface area (Å²) in [6, 6.07) is 12.0. The second-order valence-corrected chi connectivity index (χ2v) is 10.4. The smallest absolute Gasteiger partial charge is 0.161 e. The standard InChI is InChI=1S/C23H28ClNO6S/c1-2-30-23-11-17(14-26)7-8-22(23)31-15-20(27)13-25(19-9-10-32(28,29)16-19)12-18-5-3-4-6-21(18)24/h3-8,11,14,19-20,27H,2,9-10,12-13,15-16H2,1H3. The molecule has 1 aliphatic heterocycles. The molecule has 9 heteroatoms. The minimum absolute atomic E-state index is 0.0149. The van der Waals surface area contributed by atoms with Crippen molar-refractivity contribution < 1.29 is 27.8 Å². The molecule has 1 fully saturated rings. The number of sulfone groups is 1. The second kappa shape index (κ2) is 11.1. The van der Waals surface area contributed by atoms with Crippen molar-refractivity contribution in [1.82, 2.24) is 4.90 Å². The second-order valence-electron chi connectivity index (χ2n) is 7.80. The number of aldehydes is 1. The fourth-order valence-electron chi connectivity index (χ4n) is 3.75. The molecule has 1 N–H and O–H groups in total. The van der Waals surface area contributed by atoms with Crippen LogP contribution in [0.3, 0.4) is 0 Å². The lowest BCUT2D eigenvalue weighted by atomic mass is 10.1. The molecule has 174 valence electrons. The first kappa shape index (κ1) is 24.5. The van der Waals surface area contributed by atoms with E-state index in [1.807, 2.05) is 30.0 Å². The molecule has 1 aliphatic rings. The number of rotatable bonds is 11. The third-order valence-corrected chi connectivity index (χ3v) is 7.46. The summed E-state index contributed by atoms with van der Waals surface area (Å²) >= 11 is 6.31. The third kappa shape index (κ3) is 6.68. The van der Waals surface area contributed by atoms with Crippen molar-refractivity contribution >= 4 is 27.7 Å². The van der Waals surface area contributed by atoms with Crippen molar-refractivity contribution in [3.05, 3.63) is 58.6 Å². The quantitative estimate of drug-likeness (QED) is 0.493. The van der Waals surface area contributed by atoms with Gasteiger partial charge in [0.2, 0.25) is 0 Å². The van der Waals surface area contributed by atoms with Crippen LogP contribution in [-0.2, 0) is 16.4 Å². The van der Waals surface area contributed by atoms with Crippen molar-refractivity contribution in [1.29, 1.82) is 0 Å². The van der Waals surface area contributed by atoms with Crippen molar-refractivity contribution in [2.24, 2.45) is 0 Å². The van der Waals surface area contributed by atoms with Gasteiger partial charge in [-0.3, -0.25) is 9.69 Å². The maximum atomic E-state index is 12.0. The molecule has 0 spiro atoms. The van der Waals surface area contributed by atoms with Crippen LogP contribution in [0, 0.1) is 0 Å². The zero-order valence-electron chi connectivity index (χ0n) is 17.9. The normalized spacial score (nSPS) is 18.4. The first-order chi connectivity index (χ1) is 15.3. The highest BCUT2D eigenvalue weighted by Crippen LogP contribution is 2.28. The zero-order valence-corrected chi connectivity index (χ0v) is 19.5. The summed E-state index contributed by atoms with van der Waals surface area (Å²) in [5.74, 6) is 1.06. The van der Waals surface area contributed by atoms with E-state index in [1.165, 1.54) is 0 Å². The molecule has 2 atom stereocenters. The molecule has 3 rings (SSSR count). The first-order valence-electron chi connectivity index (χ1n) is 10.5. The van der Waals surface area contributed by atoms with Gasteiger partial charge in [-0.1, -0.05) is 29.8 Å². The Balaban J connectivity index is 1.69. The average Bonchev–Trinajstić information content (AvgIpc) is 3.13. The van der Waals surface area contributed by atoms with E-state index in [1.54, 1.807) is 24.3 Å². The number of hydrogen-bond donors (Lipinski definition) is 1. The van der Waals surface area contributed by atoms with Crippen LogP contribution in [0.15, 0.2) is 42.5 Å². The summed E-state index contributed by atoms with van der Waals surface area (Å²) in [7, 11) is -3.09. The number of hydrogen-bond acceptors (Lipinski definition) is 7. The lowest BCUT2D eigenvalue weighted by Gasteiger charge is -2.30. The van der Waals surface area contributed by atoms with Gasteiger partial charge >= 0.3 is 0 Å². The summed E-state index contributed by atoms with van der Waals surface area (Å²) in [4.78, 5) is 13.0. The predicted molar refractivity (Wildman–Crippen MR) is 123 cm³/mol. The van der Waals surface area contributed by atoms with E-state index in [-0.39, 0.29) is 30.7 Å². The summed E-state index contributed by atoms with van der Waals surface area (Å²) < 4.78 is 35.4. The molecular weight excluding hydrogens is 454 g/mol. The van der Waals surface area contributed by atoms with Gasteiger partial charge in [-0.15, -0.1) is 0 Å². The number of halogens is 1. The van der Waals surface area contributed by atoms with Crippen LogP contribution >= 0.6 is 11.6 Å². The molecule has 0 saturated carbocycles. The molecule has 0 radical (unpaired) electrons. The lowest BCUT2D eigenvalue weighted by molar-refractivity contribution is 0.0515. The van der Waals surface area contributed by atoms with E-state index in [2.05, 4.69) is 0 Å². The maximum absolute atomic E-state index is 12.0. The molecule has 2 unspecified atom stereocenters. The van der Waals surface area contributed by atoms with Crippen molar-refractivity contribution in [3.63, 3.8) is 0 Å². The molecular formula is C23H28ClNO6S. The minimum atomic E-state index is -3.09. The third-order valence-electron chi connectivity index (χ3n) is 5.34. The van der Waals surface area contributed by atoms with Crippen molar-refractivity contribution in [2.75, 3.05) is 31.3 Å². The summed E-state index contributed by atoms with van der Waals surface area (Å²) in [5.41, 5.74) is 1.34. The van der Waals surface area contributed by atoms with Crippen molar-refractivity contribution in [2.45, 2.75) is 32.0 Å². The molecule has 0 aromatic heterocycles. The van der Waals surface area contributed by atoms with E-state index in [9.17, 15) is 18.3 Å². The molecule has 0 bridgehead atoms. The van der Waals surface area contributed by atoms with E-state index in [0.717, 1.165) is 11.8 Å². The number of carbonyl (C=O) groups is 1. The van der Waals surface area contributed by atoms with Crippen LogP contribution in [0.4, 0.5) is 0 Å². The Morgan fingerprint density at radius 1 is 1.22 bits per heavy atom. The molecule has 2 aromatic carbocycles. The molecule has 32 heavy (non-hydrogen) atoms. The molecule has 1 saturated heterocycles.